The van der Waals surface area contributed by atoms with Gasteiger partial charge < -0.3 is 5.32 Å². The summed E-state index contributed by atoms with van der Waals surface area (Å²) in [5, 5.41) is 11.5. The summed E-state index contributed by atoms with van der Waals surface area (Å²) in [5.74, 6) is 10.5. The Morgan fingerprint density at radius 1 is 1.80 bits per heavy atom. The number of nitrogens with one attached hydrogen (secondary N) is 3. The lowest BCUT2D eigenvalue weighted by Gasteiger charge is -2.27. The number of amides is 1. The minimum atomic E-state index is -0.557. The van der Waals surface area contributed by atoms with Gasteiger partial charge in [-0.1, -0.05) is 6.92 Å². The van der Waals surface area contributed by atoms with Gasteiger partial charge in [-0.25, -0.2) is 16.7 Å². The molecule has 0 bridgehead atoms. The molecule has 0 aromatic carbocycles. The van der Waals surface area contributed by atoms with E-state index in [1.807, 2.05) is 18.4 Å². The van der Waals surface area contributed by atoms with Gasteiger partial charge in [0.15, 0.2) is 5.84 Å². The molecule has 7 heteroatoms. The van der Waals surface area contributed by atoms with Crippen molar-refractivity contribution in [2.45, 2.75) is 13.3 Å². The van der Waals surface area contributed by atoms with E-state index in [1.54, 1.807) is 0 Å². The summed E-state index contributed by atoms with van der Waals surface area (Å²) >= 11 is 0. The number of hydrazine groups is 2. The Balaban J connectivity index is 2.95. The lowest BCUT2D eigenvalue weighted by atomic mass is 10.2. The van der Waals surface area contributed by atoms with E-state index < -0.39 is 5.91 Å². The monoisotopic (exact) mass is 210 g/mol. The Morgan fingerprint density at radius 3 is 3.00 bits per heavy atom. The second-order valence-electron chi connectivity index (χ2n) is 2.89. The molecule has 0 atom stereocenters. The number of rotatable bonds is 2. The van der Waals surface area contributed by atoms with E-state index in [9.17, 15) is 4.79 Å². The van der Waals surface area contributed by atoms with E-state index in [2.05, 4.69) is 5.32 Å². The van der Waals surface area contributed by atoms with Crippen molar-refractivity contribution in [1.29, 1.82) is 5.41 Å². The number of hydrogen-bond acceptors (Lipinski definition) is 5. The standard InChI is InChI=1S/C8H14N6O/c1-2-3-6-12-4-5(8(15)13-10)7(9)14(6)11/h3-4,9,12H,2,10-11H2,1H3,(H,13,15)/b6-3-,9-7?. The van der Waals surface area contributed by atoms with Crippen molar-refractivity contribution in [2.24, 2.45) is 11.7 Å². The van der Waals surface area contributed by atoms with E-state index in [1.165, 1.54) is 6.20 Å². The average molecular weight is 210 g/mol. The van der Waals surface area contributed by atoms with Gasteiger partial charge in [0.25, 0.3) is 5.91 Å². The van der Waals surface area contributed by atoms with Gasteiger partial charge in [0.2, 0.25) is 0 Å². The van der Waals surface area contributed by atoms with Gasteiger partial charge in [-0.15, -0.1) is 0 Å². The first-order valence-corrected chi connectivity index (χ1v) is 4.43. The minimum Gasteiger partial charge on any atom is -0.346 e. The number of amidine groups is 1. The average Bonchev–Trinajstić information content (AvgIpc) is 2.24. The van der Waals surface area contributed by atoms with Crippen LogP contribution in [-0.2, 0) is 4.79 Å². The van der Waals surface area contributed by atoms with E-state index >= 15 is 0 Å². The molecule has 0 unspecified atom stereocenters. The maximum atomic E-state index is 11.2. The molecule has 7 N–H and O–H groups in total. The Kier molecular flexibility index (Phi) is 3.42. The van der Waals surface area contributed by atoms with Crippen LogP contribution in [-0.4, -0.2) is 16.8 Å². The zero-order valence-corrected chi connectivity index (χ0v) is 8.37. The highest BCUT2D eigenvalue weighted by molar-refractivity contribution is 6.20. The van der Waals surface area contributed by atoms with Gasteiger partial charge in [-0.05, 0) is 12.5 Å². The van der Waals surface area contributed by atoms with Crippen LogP contribution in [0.2, 0.25) is 0 Å². The van der Waals surface area contributed by atoms with Crippen LogP contribution < -0.4 is 22.4 Å². The summed E-state index contributed by atoms with van der Waals surface area (Å²) in [6, 6.07) is 0. The van der Waals surface area contributed by atoms with Gasteiger partial charge in [-0.3, -0.25) is 15.6 Å². The molecule has 82 valence electrons. The summed E-state index contributed by atoms with van der Waals surface area (Å²) in [4.78, 5) is 11.2. The fourth-order valence-electron chi connectivity index (χ4n) is 1.14. The van der Waals surface area contributed by atoms with E-state index in [-0.39, 0.29) is 11.4 Å². The molecule has 0 aromatic rings. The van der Waals surface area contributed by atoms with Crippen LogP contribution in [0.4, 0.5) is 0 Å². The molecule has 0 saturated heterocycles. The highest BCUT2D eigenvalue weighted by atomic mass is 16.2. The second-order valence-corrected chi connectivity index (χ2v) is 2.89. The summed E-state index contributed by atoms with van der Waals surface area (Å²) in [7, 11) is 0. The molecule has 0 aromatic heterocycles. The first-order valence-electron chi connectivity index (χ1n) is 4.43. The number of nitrogens with zero attached hydrogens (tertiary/aromatic N) is 1. The third-order valence-electron chi connectivity index (χ3n) is 1.89. The molecule has 7 nitrogen and oxygen atoms in total. The highest BCUT2D eigenvalue weighted by Crippen LogP contribution is 2.10. The molecule has 0 fully saturated rings. The van der Waals surface area contributed by atoms with Crippen LogP contribution in [0.3, 0.4) is 0 Å². The predicted molar refractivity (Wildman–Crippen MR) is 55.7 cm³/mol. The maximum Gasteiger partial charge on any atom is 0.270 e. The van der Waals surface area contributed by atoms with Gasteiger partial charge >= 0.3 is 0 Å². The van der Waals surface area contributed by atoms with Crippen LogP contribution in [0.1, 0.15) is 13.3 Å². The van der Waals surface area contributed by atoms with E-state index in [0.717, 1.165) is 11.4 Å². The molecule has 0 spiro atoms. The third kappa shape index (κ3) is 2.14. The molecular weight excluding hydrogens is 196 g/mol. The Bertz CT molecular complexity index is 345. The number of nitrogens with two attached hydrogens (primary N) is 2. The summed E-state index contributed by atoms with van der Waals surface area (Å²) in [5.41, 5.74) is 2.03. The first-order chi connectivity index (χ1) is 7.11. The lowest BCUT2D eigenvalue weighted by Crippen LogP contribution is -2.48. The summed E-state index contributed by atoms with van der Waals surface area (Å²) in [6.45, 7) is 1.94. The Morgan fingerprint density at radius 2 is 2.47 bits per heavy atom. The zero-order chi connectivity index (χ0) is 11.4. The van der Waals surface area contributed by atoms with Crippen molar-refractivity contribution in [3.8, 4) is 0 Å². The zero-order valence-electron chi connectivity index (χ0n) is 8.37. The Labute approximate surface area is 87.2 Å². The highest BCUT2D eigenvalue weighted by Gasteiger charge is 2.24. The van der Waals surface area contributed by atoms with E-state index in [0.29, 0.717) is 5.82 Å². The molecule has 0 radical (unpaired) electrons. The van der Waals surface area contributed by atoms with Crippen molar-refractivity contribution in [3.63, 3.8) is 0 Å². The number of carbonyl (C=O) groups is 1. The molecule has 0 aliphatic carbocycles. The van der Waals surface area contributed by atoms with Gasteiger partial charge in [0, 0.05) is 6.20 Å². The topological polar surface area (TPSA) is 120 Å². The molecule has 1 aliphatic rings. The predicted octanol–water partition coefficient (Wildman–Crippen LogP) is -1.13. The molecule has 15 heavy (non-hydrogen) atoms. The quantitative estimate of drug-likeness (QED) is 0.224. The maximum absolute atomic E-state index is 11.2. The summed E-state index contributed by atoms with van der Waals surface area (Å²) in [6.07, 6.45) is 3.98. The summed E-state index contributed by atoms with van der Waals surface area (Å²) < 4.78 is 0. The number of hydrogen-bond donors (Lipinski definition) is 5. The molecular formula is C8H14N6O. The second kappa shape index (κ2) is 4.58. The molecule has 1 aliphatic heterocycles. The van der Waals surface area contributed by atoms with Crippen LogP contribution in [0.25, 0.3) is 0 Å². The minimum absolute atomic E-state index is 0.0910. The van der Waals surface area contributed by atoms with Crippen LogP contribution in [0.5, 0.6) is 0 Å². The number of allylic oxidation sites excluding steroid dienone is 1. The van der Waals surface area contributed by atoms with Crippen molar-refractivity contribution >= 4 is 11.7 Å². The third-order valence-corrected chi connectivity index (χ3v) is 1.89. The van der Waals surface area contributed by atoms with Gasteiger partial charge in [0.1, 0.15) is 11.4 Å². The smallest absolute Gasteiger partial charge is 0.270 e. The first kappa shape index (κ1) is 11.2. The normalized spacial score (nSPS) is 18.6. The van der Waals surface area contributed by atoms with Crippen LogP contribution in [0.15, 0.2) is 23.7 Å². The molecule has 1 amide bonds. The lowest BCUT2D eigenvalue weighted by molar-refractivity contribution is -0.117. The van der Waals surface area contributed by atoms with Crippen molar-refractivity contribution < 1.29 is 4.79 Å². The number of carbonyl (C=O) groups excluding carboxylic acids is 1. The molecule has 1 heterocycles. The van der Waals surface area contributed by atoms with Crippen molar-refractivity contribution in [2.75, 3.05) is 0 Å². The van der Waals surface area contributed by atoms with Crippen molar-refractivity contribution in [1.82, 2.24) is 15.8 Å². The molecule has 0 saturated carbocycles. The Hall–Kier alpha value is -1.86. The van der Waals surface area contributed by atoms with Crippen LogP contribution >= 0.6 is 0 Å². The van der Waals surface area contributed by atoms with Crippen LogP contribution in [0, 0.1) is 5.41 Å². The van der Waals surface area contributed by atoms with Crippen molar-refractivity contribution in [3.05, 3.63) is 23.7 Å². The fraction of sp³-hybridized carbons (Fsp3) is 0.250. The van der Waals surface area contributed by atoms with Gasteiger partial charge in [0.05, 0.1) is 0 Å². The van der Waals surface area contributed by atoms with Gasteiger partial charge in [-0.2, -0.15) is 0 Å². The SMILES string of the molecule is CC/C=C1/NC=C(C(=O)NN)C(=N)N1N. The molecule has 1 rings (SSSR count). The fourth-order valence-corrected chi connectivity index (χ4v) is 1.14. The largest absolute Gasteiger partial charge is 0.346 e. The van der Waals surface area contributed by atoms with E-state index in [4.69, 9.17) is 17.1 Å².